The molecule has 0 spiro atoms. The van der Waals surface area contributed by atoms with Crippen LogP contribution < -0.4 is 29.4 Å². The fourth-order valence-electron chi connectivity index (χ4n) is 2.84. The highest BCUT2D eigenvalue weighted by Gasteiger charge is 2.20. The largest absolute Gasteiger partial charge is 0.550 e. The molecule has 0 bridgehead atoms. The lowest BCUT2D eigenvalue weighted by Crippen LogP contribution is -2.34. The van der Waals surface area contributed by atoms with E-state index in [0.717, 1.165) is 0 Å². The second kappa shape index (κ2) is 10.2. The van der Waals surface area contributed by atoms with Crippen molar-refractivity contribution in [2.24, 2.45) is 0 Å². The summed E-state index contributed by atoms with van der Waals surface area (Å²) in [5.74, 6) is -0.147. The number of carboxylic acids is 1. The van der Waals surface area contributed by atoms with Crippen molar-refractivity contribution in [3.05, 3.63) is 47.5 Å². The number of nitrogens with one attached hydrogen (secondary N) is 1. The summed E-state index contributed by atoms with van der Waals surface area (Å²) in [6.07, 6.45) is -0.385. The Morgan fingerprint density at radius 3 is 2.03 bits per heavy atom. The van der Waals surface area contributed by atoms with Crippen LogP contribution in [0.3, 0.4) is 0 Å². The number of rotatable bonds is 10. The van der Waals surface area contributed by atoms with Gasteiger partial charge in [-0.1, -0.05) is 12.1 Å². The first-order chi connectivity index (χ1) is 13.9. The van der Waals surface area contributed by atoms with Gasteiger partial charge in [-0.2, -0.15) is 0 Å². The van der Waals surface area contributed by atoms with Crippen molar-refractivity contribution in [2.45, 2.75) is 19.4 Å². The molecule has 0 fully saturated rings. The summed E-state index contributed by atoms with van der Waals surface area (Å²) in [5, 5.41) is 13.9. The highest BCUT2D eigenvalue weighted by atomic mass is 16.5. The van der Waals surface area contributed by atoms with Crippen LogP contribution in [0.15, 0.2) is 36.4 Å². The predicted molar refractivity (Wildman–Crippen MR) is 104 cm³/mol. The van der Waals surface area contributed by atoms with Crippen molar-refractivity contribution in [1.29, 1.82) is 0 Å². The summed E-state index contributed by atoms with van der Waals surface area (Å²) in [7, 11) is 4.34. The van der Waals surface area contributed by atoms with Crippen LogP contribution in [0.4, 0.5) is 0 Å². The van der Waals surface area contributed by atoms with Gasteiger partial charge in [0.25, 0.3) is 5.91 Å². The monoisotopic (exact) mass is 402 g/mol. The van der Waals surface area contributed by atoms with Gasteiger partial charge in [0.1, 0.15) is 5.75 Å². The van der Waals surface area contributed by atoms with Crippen LogP contribution in [0.1, 0.15) is 35.3 Å². The molecule has 0 saturated heterocycles. The number of hydrogen-bond donors (Lipinski definition) is 1. The maximum absolute atomic E-state index is 12.8. The molecule has 2 aromatic carbocycles. The zero-order valence-electron chi connectivity index (χ0n) is 16.8. The fraction of sp³-hybridized carbons (Fsp3) is 0.333. The average molecular weight is 402 g/mol. The number of amides is 1. The molecule has 1 amide bonds. The lowest BCUT2D eigenvalue weighted by molar-refractivity contribution is -0.306. The lowest BCUT2D eigenvalue weighted by Gasteiger charge is -2.21. The molecule has 0 aliphatic carbocycles. The van der Waals surface area contributed by atoms with Gasteiger partial charge in [-0.05, 0) is 36.8 Å². The topological polar surface area (TPSA) is 106 Å². The van der Waals surface area contributed by atoms with Gasteiger partial charge in [0, 0.05) is 18.0 Å². The molecule has 2 aromatic rings. The van der Waals surface area contributed by atoms with E-state index in [-0.39, 0.29) is 12.0 Å². The number of ether oxygens (including phenoxy) is 4. The number of hydrogen-bond acceptors (Lipinski definition) is 7. The molecular formula is C21H24NO7-. The SMILES string of the molecule is CCOc1ccc(C(CC(=O)[O-])NC(=O)c2cc(OC)c(OC)c(OC)c2)cc1. The van der Waals surface area contributed by atoms with Gasteiger partial charge in [-0.25, -0.2) is 0 Å². The number of benzene rings is 2. The third-order valence-corrected chi connectivity index (χ3v) is 4.20. The second-order valence-corrected chi connectivity index (χ2v) is 6.02. The van der Waals surface area contributed by atoms with Crippen molar-refractivity contribution in [3.63, 3.8) is 0 Å². The van der Waals surface area contributed by atoms with Crippen LogP contribution in [0.2, 0.25) is 0 Å². The quantitative estimate of drug-likeness (QED) is 0.645. The Morgan fingerprint density at radius 2 is 1.59 bits per heavy atom. The standard InChI is InChI=1S/C21H25NO7/c1-5-29-15-8-6-13(7-9-15)16(12-19(23)24)22-21(25)14-10-17(26-2)20(28-4)18(11-14)27-3/h6-11,16H,5,12H2,1-4H3,(H,22,25)(H,23,24)/p-1. The third kappa shape index (κ3) is 5.54. The molecule has 0 aliphatic heterocycles. The zero-order valence-corrected chi connectivity index (χ0v) is 16.8. The summed E-state index contributed by atoms with van der Waals surface area (Å²) in [4.78, 5) is 24.0. The van der Waals surface area contributed by atoms with Crippen molar-refractivity contribution in [2.75, 3.05) is 27.9 Å². The molecular weight excluding hydrogens is 378 g/mol. The van der Waals surface area contributed by atoms with Gasteiger partial charge >= 0.3 is 0 Å². The van der Waals surface area contributed by atoms with E-state index in [0.29, 0.717) is 35.2 Å². The molecule has 0 saturated carbocycles. The van der Waals surface area contributed by atoms with E-state index in [2.05, 4.69) is 5.32 Å². The van der Waals surface area contributed by atoms with Crippen molar-refractivity contribution in [1.82, 2.24) is 5.32 Å². The third-order valence-electron chi connectivity index (χ3n) is 4.20. The van der Waals surface area contributed by atoms with E-state index in [9.17, 15) is 14.7 Å². The van der Waals surface area contributed by atoms with E-state index in [1.165, 1.54) is 33.5 Å². The lowest BCUT2D eigenvalue weighted by atomic mass is 10.0. The first-order valence-electron chi connectivity index (χ1n) is 8.96. The minimum absolute atomic E-state index is 0.230. The molecule has 1 N–H and O–H groups in total. The molecule has 8 heteroatoms. The highest BCUT2D eigenvalue weighted by molar-refractivity contribution is 5.96. The predicted octanol–water partition coefficient (Wildman–Crippen LogP) is 1.72. The molecule has 8 nitrogen and oxygen atoms in total. The van der Waals surface area contributed by atoms with E-state index < -0.39 is 17.9 Å². The number of carbonyl (C=O) groups excluding carboxylic acids is 2. The number of methoxy groups -OCH3 is 3. The Bertz CT molecular complexity index is 824. The Hall–Kier alpha value is -3.42. The maximum atomic E-state index is 12.8. The van der Waals surface area contributed by atoms with E-state index in [1.54, 1.807) is 24.3 Å². The molecule has 0 radical (unpaired) electrons. The van der Waals surface area contributed by atoms with E-state index >= 15 is 0 Å². The Morgan fingerprint density at radius 1 is 1.00 bits per heavy atom. The van der Waals surface area contributed by atoms with Crippen molar-refractivity contribution >= 4 is 11.9 Å². The molecule has 0 aromatic heterocycles. The smallest absolute Gasteiger partial charge is 0.252 e. The molecule has 2 rings (SSSR count). The van der Waals surface area contributed by atoms with Gasteiger partial charge in [-0.15, -0.1) is 0 Å². The van der Waals surface area contributed by atoms with Gasteiger partial charge in [0.2, 0.25) is 5.75 Å². The van der Waals surface area contributed by atoms with Crippen molar-refractivity contribution < 1.29 is 33.6 Å². The Kier molecular flexibility index (Phi) is 7.70. The van der Waals surface area contributed by atoms with Crippen LogP contribution in [-0.4, -0.2) is 39.8 Å². The summed E-state index contributed by atoms with van der Waals surface area (Å²) < 4.78 is 21.2. The highest BCUT2D eigenvalue weighted by Crippen LogP contribution is 2.38. The first kappa shape index (κ1) is 21.9. The first-order valence-corrected chi connectivity index (χ1v) is 8.96. The molecule has 1 unspecified atom stereocenters. The molecule has 0 aliphatic rings. The maximum Gasteiger partial charge on any atom is 0.252 e. The fourth-order valence-corrected chi connectivity index (χ4v) is 2.84. The summed E-state index contributed by atoms with van der Waals surface area (Å²) in [5.41, 5.74) is 0.840. The van der Waals surface area contributed by atoms with Gasteiger partial charge in [0.15, 0.2) is 11.5 Å². The Labute approximate surface area is 169 Å². The van der Waals surface area contributed by atoms with Crippen LogP contribution in [0.25, 0.3) is 0 Å². The molecule has 1 atom stereocenters. The second-order valence-electron chi connectivity index (χ2n) is 6.02. The summed E-state index contributed by atoms with van der Waals surface area (Å²) >= 11 is 0. The van der Waals surface area contributed by atoms with Gasteiger partial charge in [-0.3, -0.25) is 4.79 Å². The molecule has 156 valence electrons. The molecule has 29 heavy (non-hydrogen) atoms. The summed E-state index contributed by atoms with van der Waals surface area (Å²) in [6.45, 7) is 2.38. The van der Waals surface area contributed by atoms with Gasteiger partial charge < -0.3 is 34.2 Å². The minimum atomic E-state index is -1.28. The number of carboxylic acid groups (broad SMARTS) is 1. The van der Waals surface area contributed by atoms with Crippen LogP contribution >= 0.6 is 0 Å². The van der Waals surface area contributed by atoms with Crippen LogP contribution in [0.5, 0.6) is 23.0 Å². The van der Waals surface area contributed by atoms with Gasteiger partial charge in [0.05, 0.1) is 34.0 Å². The van der Waals surface area contributed by atoms with Crippen LogP contribution in [-0.2, 0) is 4.79 Å². The summed E-state index contributed by atoms with van der Waals surface area (Å²) in [6, 6.07) is 9.03. The van der Waals surface area contributed by atoms with Crippen LogP contribution in [0, 0.1) is 0 Å². The number of aliphatic carboxylic acids is 1. The minimum Gasteiger partial charge on any atom is -0.550 e. The normalized spacial score (nSPS) is 11.3. The van der Waals surface area contributed by atoms with E-state index in [4.69, 9.17) is 18.9 Å². The van der Waals surface area contributed by atoms with Crippen molar-refractivity contribution in [3.8, 4) is 23.0 Å². The van der Waals surface area contributed by atoms with E-state index in [1.807, 2.05) is 6.92 Å². The average Bonchev–Trinajstić information content (AvgIpc) is 2.72. The molecule has 0 heterocycles. The number of carbonyl (C=O) groups is 2. The Balaban J connectivity index is 2.31. The zero-order chi connectivity index (χ0) is 21.4.